The summed E-state index contributed by atoms with van der Waals surface area (Å²) in [5, 5.41) is 0. The highest BCUT2D eigenvalue weighted by atomic mass is 16.7. The van der Waals surface area contributed by atoms with E-state index in [1.807, 2.05) is 12.1 Å². The second-order valence-corrected chi connectivity index (χ2v) is 11.4. The second kappa shape index (κ2) is 11.1. The predicted octanol–water partition coefficient (Wildman–Crippen LogP) is 7.89. The minimum absolute atomic E-state index is 0.312. The molecule has 0 aromatic heterocycles. The molecule has 4 nitrogen and oxygen atoms in total. The van der Waals surface area contributed by atoms with Crippen molar-refractivity contribution in [2.24, 2.45) is 5.92 Å². The summed E-state index contributed by atoms with van der Waals surface area (Å²) in [6.07, 6.45) is 6.42. The third-order valence-electron chi connectivity index (χ3n) is 8.46. The number of ether oxygens (including phenoxy) is 1. The van der Waals surface area contributed by atoms with Crippen LogP contribution in [0.2, 0.25) is 0 Å². The topological polar surface area (TPSA) is 44.8 Å². The molecule has 200 valence electrons. The van der Waals surface area contributed by atoms with Gasteiger partial charge in [-0.25, -0.2) is 4.79 Å². The molecule has 1 fully saturated rings. The first kappa shape index (κ1) is 28.1. The molecule has 5 heteroatoms. The van der Waals surface area contributed by atoms with Gasteiger partial charge in [-0.3, -0.25) is 0 Å². The van der Waals surface area contributed by atoms with Crippen molar-refractivity contribution >= 4 is 30.8 Å². The van der Waals surface area contributed by atoms with Gasteiger partial charge >= 0.3 is 13.1 Å². The highest BCUT2D eigenvalue weighted by Gasteiger charge is 2.52. The lowest BCUT2D eigenvalue weighted by Gasteiger charge is -2.33. The molecule has 4 rings (SSSR count). The van der Waals surface area contributed by atoms with E-state index in [4.69, 9.17) is 14.0 Å². The highest BCUT2D eigenvalue weighted by molar-refractivity contribution is 6.56. The smallest absolute Gasteiger partial charge is 0.463 e. The standard InChI is InChI=1S/C33H41BO4/c1-9-29(34-37-32(5,6)33(7,8)38-34)31(25-18-15-24(16-19-25)17-20-30(35)36-10-2)28-21-26-13-11-12-14-27(26)22(3)23(28)4/h11-23H,9-10H2,1-8H3/b20-17+,31-29+/t22-,23?/m0/s1. The Labute approximate surface area is 228 Å². The van der Waals surface area contributed by atoms with Crippen LogP contribution in [0.4, 0.5) is 0 Å². The summed E-state index contributed by atoms with van der Waals surface area (Å²) in [6.45, 7) is 17.4. The van der Waals surface area contributed by atoms with E-state index in [9.17, 15) is 4.79 Å². The van der Waals surface area contributed by atoms with Crippen LogP contribution in [-0.2, 0) is 18.8 Å². The maximum absolute atomic E-state index is 11.8. The Kier molecular flexibility index (Phi) is 8.20. The number of carbonyl (C=O) groups excluding carboxylic acids is 1. The van der Waals surface area contributed by atoms with Gasteiger partial charge < -0.3 is 14.0 Å². The van der Waals surface area contributed by atoms with Crippen molar-refractivity contribution in [2.45, 2.75) is 78.9 Å². The summed E-state index contributed by atoms with van der Waals surface area (Å²) in [6, 6.07) is 17.1. The van der Waals surface area contributed by atoms with Crippen LogP contribution >= 0.6 is 0 Å². The first-order valence-electron chi connectivity index (χ1n) is 13.8. The van der Waals surface area contributed by atoms with E-state index < -0.39 is 18.3 Å². The fraction of sp³-hybridized carbons (Fsp3) is 0.424. The van der Waals surface area contributed by atoms with Crippen LogP contribution in [0.3, 0.4) is 0 Å². The number of allylic oxidation sites excluding steroid dienone is 3. The van der Waals surface area contributed by atoms with E-state index in [2.05, 4.69) is 90.9 Å². The Bertz CT molecular complexity index is 1250. The van der Waals surface area contributed by atoms with Gasteiger partial charge in [-0.05, 0) is 97.8 Å². The minimum Gasteiger partial charge on any atom is -0.463 e. The van der Waals surface area contributed by atoms with E-state index in [-0.39, 0.29) is 5.97 Å². The van der Waals surface area contributed by atoms with Crippen LogP contribution in [0, 0.1) is 5.92 Å². The summed E-state index contributed by atoms with van der Waals surface area (Å²) in [5.41, 5.74) is 7.53. The summed E-state index contributed by atoms with van der Waals surface area (Å²) in [7, 11) is -0.427. The largest absolute Gasteiger partial charge is 0.491 e. The molecule has 38 heavy (non-hydrogen) atoms. The van der Waals surface area contributed by atoms with Gasteiger partial charge in [-0.15, -0.1) is 0 Å². The predicted molar refractivity (Wildman–Crippen MR) is 157 cm³/mol. The van der Waals surface area contributed by atoms with E-state index >= 15 is 0 Å². The number of carbonyl (C=O) groups is 1. The molecule has 0 amide bonds. The molecular formula is C33H41BO4. The molecule has 1 aliphatic heterocycles. The van der Waals surface area contributed by atoms with Crippen LogP contribution in [0.25, 0.3) is 17.7 Å². The van der Waals surface area contributed by atoms with E-state index in [0.717, 1.165) is 23.0 Å². The first-order chi connectivity index (χ1) is 18.0. The van der Waals surface area contributed by atoms with Gasteiger partial charge in [0.25, 0.3) is 0 Å². The molecule has 2 aromatic carbocycles. The number of esters is 1. The molecule has 0 spiro atoms. The Morgan fingerprint density at radius 3 is 2.18 bits per heavy atom. The van der Waals surface area contributed by atoms with Crippen LogP contribution in [0.5, 0.6) is 0 Å². The minimum atomic E-state index is -0.427. The lowest BCUT2D eigenvalue weighted by Crippen LogP contribution is -2.41. The van der Waals surface area contributed by atoms with Gasteiger partial charge in [0, 0.05) is 6.08 Å². The summed E-state index contributed by atoms with van der Waals surface area (Å²) in [4.78, 5) is 11.8. The molecule has 2 atom stereocenters. The number of benzene rings is 2. The average Bonchev–Trinajstić information content (AvgIpc) is 3.10. The van der Waals surface area contributed by atoms with Crippen LogP contribution in [0.15, 0.2) is 65.7 Å². The summed E-state index contributed by atoms with van der Waals surface area (Å²) >= 11 is 0. The monoisotopic (exact) mass is 512 g/mol. The van der Waals surface area contributed by atoms with E-state index in [0.29, 0.717) is 18.4 Å². The molecule has 2 aliphatic rings. The van der Waals surface area contributed by atoms with Crippen molar-refractivity contribution in [2.75, 3.05) is 6.61 Å². The number of hydrogen-bond donors (Lipinski definition) is 0. The number of rotatable bonds is 7. The lowest BCUT2D eigenvalue weighted by molar-refractivity contribution is -0.137. The SMILES string of the molecule is CCOC(=O)/C=C/c1ccc(/C(C2=Cc3ccccc3[C@@H](C)C2C)=C(/CC)B2OC(C)(C)C(C)(C)O2)cc1. The molecule has 1 aliphatic carbocycles. The Balaban J connectivity index is 1.85. The molecule has 1 saturated heterocycles. The van der Waals surface area contributed by atoms with E-state index in [1.165, 1.54) is 28.3 Å². The van der Waals surface area contributed by atoms with E-state index in [1.54, 1.807) is 13.0 Å². The highest BCUT2D eigenvalue weighted by Crippen LogP contribution is 2.47. The number of hydrogen-bond acceptors (Lipinski definition) is 4. The maximum Gasteiger partial charge on any atom is 0.491 e. The first-order valence-corrected chi connectivity index (χ1v) is 13.8. The molecule has 1 heterocycles. The van der Waals surface area contributed by atoms with Crippen molar-refractivity contribution in [1.82, 2.24) is 0 Å². The fourth-order valence-corrected chi connectivity index (χ4v) is 5.29. The van der Waals surface area contributed by atoms with Crippen molar-refractivity contribution in [1.29, 1.82) is 0 Å². The zero-order valence-corrected chi connectivity index (χ0v) is 24.1. The Hall–Kier alpha value is -2.89. The van der Waals surface area contributed by atoms with Crippen LogP contribution in [0.1, 0.15) is 90.0 Å². The molecule has 0 N–H and O–H groups in total. The average molecular weight is 512 g/mol. The molecule has 0 radical (unpaired) electrons. The van der Waals surface area contributed by atoms with Crippen LogP contribution in [-0.4, -0.2) is 30.9 Å². The zero-order valence-electron chi connectivity index (χ0n) is 24.1. The Morgan fingerprint density at radius 1 is 0.947 bits per heavy atom. The van der Waals surface area contributed by atoms with Crippen molar-refractivity contribution in [3.8, 4) is 0 Å². The molecule has 1 unspecified atom stereocenters. The fourth-order valence-electron chi connectivity index (χ4n) is 5.29. The maximum atomic E-state index is 11.8. The van der Waals surface area contributed by atoms with Gasteiger partial charge in [-0.2, -0.15) is 0 Å². The molecule has 2 aromatic rings. The van der Waals surface area contributed by atoms with Crippen LogP contribution < -0.4 is 0 Å². The number of fused-ring (bicyclic) bond motifs is 1. The van der Waals surface area contributed by atoms with Gasteiger partial charge in [0.15, 0.2) is 0 Å². The van der Waals surface area contributed by atoms with Crippen molar-refractivity contribution in [3.63, 3.8) is 0 Å². The van der Waals surface area contributed by atoms with Crippen molar-refractivity contribution < 1.29 is 18.8 Å². The third-order valence-corrected chi connectivity index (χ3v) is 8.46. The lowest BCUT2D eigenvalue weighted by atomic mass is 9.66. The normalized spacial score (nSPS) is 22.6. The zero-order chi connectivity index (χ0) is 27.7. The Morgan fingerprint density at radius 2 is 1.58 bits per heavy atom. The quantitative estimate of drug-likeness (QED) is 0.215. The summed E-state index contributed by atoms with van der Waals surface area (Å²) < 4.78 is 18.2. The van der Waals surface area contributed by atoms with Crippen molar-refractivity contribution in [3.05, 3.63) is 87.9 Å². The molecular weight excluding hydrogens is 471 g/mol. The second-order valence-electron chi connectivity index (χ2n) is 11.4. The molecule has 0 bridgehead atoms. The summed E-state index contributed by atoms with van der Waals surface area (Å²) in [5.74, 6) is 0.358. The third kappa shape index (κ3) is 5.46. The van der Waals surface area contributed by atoms with Gasteiger partial charge in [-0.1, -0.05) is 75.4 Å². The van der Waals surface area contributed by atoms with Gasteiger partial charge in [0.1, 0.15) is 0 Å². The van der Waals surface area contributed by atoms with Gasteiger partial charge in [0.2, 0.25) is 0 Å². The van der Waals surface area contributed by atoms with Gasteiger partial charge in [0.05, 0.1) is 17.8 Å². The molecule has 0 saturated carbocycles.